The van der Waals surface area contributed by atoms with Gasteiger partial charge in [-0.05, 0) is 36.8 Å². The fourth-order valence-corrected chi connectivity index (χ4v) is 3.41. The molecule has 4 rings (SSSR count). The fourth-order valence-electron chi connectivity index (χ4n) is 3.41. The van der Waals surface area contributed by atoms with Crippen LogP contribution >= 0.6 is 0 Å². The summed E-state index contributed by atoms with van der Waals surface area (Å²) in [5.74, 6) is 3.31. The molecule has 4 nitrogen and oxygen atoms in total. The van der Waals surface area contributed by atoms with Crippen LogP contribution < -0.4 is 0 Å². The van der Waals surface area contributed by atoms with Crippen molar-refractivity contribution in [1.29, 1.82) is 5.26 Å². The lowest BCUT2D eigenvalue weighted by atomic mass is 10.1. The van der Waals surface area contributed by atoms with Crippen molar-refractivity contribution in [3.05, 3.63) is 29.7 Å². The van der Waals surface area contributed by atoms with Gasteiger partial charge in [-0.2, -0.15) is 5.26 Å². The minimum Gasteiger partial charge on any atom is -0.285 e. The second-order valence-corrected chi connectivity index (χ2v) is 5.10. The van der Waals surface area contributed by atoms with Crippen molar-refractivity contribution < 1.29 is 0 Å². The first-order valence-electron chi connectivity index (χ1n) is 6.13. The van der Waals surface area contributed by atoms with Gasteiger partial charge >= 0.3 is 0 Å². The molecular weight excluding hydrogens is 212 g/mol. The zero-order chi connectivity index (χ0) is 11.4. The van der Waals surface area contributed by atoms with Gasteiger partial charge in [0, 0.05) is 12.1 Å². The molecule has 0 N–H and O–H groups in total. The zero-order valence-electron chi connectivity index (χ0n) is 9.37. The minimum atomic E-state index is 0.590. The van der Waals surface area contributed by atoms with E-state index in [2.05, 4.69) is 16.3 Å². The van der Waals surface area contributed by atoms with E-state index in [0.29, 0.717) is 11.5 Å². The zero-order valence-corrected chi connectivity index (χ0v) is 9.37. The third kappa shape index (κ3) is 1.17. The number of hydrogen-bond donors (Lipinski definition) is 0. The van der Waals surface area contributed by atoms with E-state index < -0.39 is 0 Å². The van der Waals surface area contributed by atoms with Crippen LogP contribution in [0.4, 0.5) is 0 Å². The fraction of sp³-hybridized carbons (Fsp3) is 0.462. The van der Waals surface area contributed by atoms with Gasteiger partial charge < -0.3 is 0 Å². The molecule has 2 aromatic heterocycles. The van der Waals surface area contributed by atoms with Crippen molar-refractivity contribution in [2.75, 3.05) is 0 Å². The third-order valence-corrected chi connectivity index (χ3v) is 4.26. The predicted molar refractivity (Wildman–Crippen MR) is 61.3 cm³/mol. The standard InChI is InChI=1S/C13H12N4/c14-6-8-4-5-11-15-16-13(17(11)7-8)12-9-2-1-3-10(9)12/h4-5,7,9-10,12H,1-3H2. The molecule has 2 aliphatic rings. The first-order chi connectivity index (χ1) is 8.38. The smallest absolute Gasteiger partial charge is 0.160 e. The number of nitrogens with zero attached hydrogens (tertiary/aromatic N) is 4. The summed E-state index contributed by atoms with van der Waals surface area (Å²) in [5.41, 5.74) is 1.52. The normalized spacial score (nSPS) is 30.2. The predicted octanol–water partition coefficient (Wildman–Crippen LogP) is 2.11. The van der Waals surface area contributed by atoms with Crippen molar-refractivity contribution in [2.24, 2.45) is 11.8 Å². The molecule has 0 saturated heterocycles. The highest BCUT2D eigenvalue weighted by Gasteiger charge is 2.55. The summed E-state index contributed by atoms with van der Waals surface area (Å²) in [4.78, 5) is 0. The Hall–Kier alpha value is -1.89. The molecule has 2 saturated carbocycles. The van der Waals surface area contributed by atoms with E-state index in [1.54, 1.807) is 6.07 Å². The lowest BCUT2D eigenvalue weighted by Crippen LogP contribution is -1.97. The molecule has 17 heavy (non-hydrogen) atoms. The van der Waals surface area contributed by atoms with Crippen molar-refractivity contribution in [1.82, 2.24) is 14.6 Å². The Morgan fingerprint density at radius 2 is 2.06 bits per heavy atom. The maximum Gasteiger partial charge on any atom is 0.160 e. The monoisotopic (exact) mass is 224 g/mol. The Labute approximate surface area is 98.9 Å². The van der Waals surface area contributed by atoms with Crippen LogP contribution in [0, 0.1) is 23.2 Å². The lowest BCUT2D eigenvalue weighted by Gasteiger charge is -2.01. The van der Waals surface area contributed by atoms with Gasteiger partial charge in [0.1, 0.15) is 11.9 Å². The van der Waals surface area contributed by atoms with E-state index in [1.807, 2.05) is 16.7 Å². The molecule has 0 radical (unpaired) electrons. The van der Waals surface area contributed by atoms with Gasteiger partial charge in [-0.3, -0.25) is 4.40 Å². The molecule has 2 aliphatic carbocycles. The Bertz CT molecular complexity index is 626. The van der Waals surface area contributed by atoms with E-state index in [0.717, 1.165) is 23.3 Å². The van der Waals surface area contributed by atoms with Crippen LogP contribution in [0.25, 0.3) is 5.65 Å². The van der Waals surface area contributed by atoms with Crippen molar-refractivity contribution in [3.8, 4) is 6.07 Å². The molecular formula is C13H12N4. The van der Waals surface area contributed by atoms with Crippen LogP contribution in [-0.2, 0) is 0 Å². The summed E-state index contributed by atoms with van der Waals surface area (Å²) in [6.07, 6.45) is 5.90. The highest BCUT2D eigenvalue weighted by Crippen LogP contribution is 2.62. The number of hydrogen-bond acceptors (Lipinski definition) is 3. The Morgan fingerprint density at radius 3 is 2.82 bits per heavy atom. The van der Waals surface area contributed by atoms with Crippen molar-refractivity contribution >= 4 is 5.65 Å². The summed E-state index contributed by atoms with van der Waals surface area (Å²) in [6, 6.07) is 5.83. The lowest BCUT2D eigenvalue weighted by molar-refractivity contribution is 0.653. The maximum atomic E-state index is 8.94. The first-order valence-corrected chi connectivity index (χ1v) is 6.13. The van der Waals surface area contributed by atoms with Crippen LogP contribution in [0.2, 0.25) is 0 Å². The van der Waals surface area contributed by atoms with E-state index in [9.17, 15) is 0 Å². The van der Waals surface area contributed by atoms with Gasteiger partial charge in [0.15, 0.2) is 5.65 Å². The van der Waals surface area contributed by atoms with Gasteiger partial charge in [-0.25, -0.2) is 0 Å². The van der Waals surface area contributed by atoms with Crippen LogP contribution in [0.1, 0.15) is 36.6 Å². The number of nitriles is 1. The van der Waals surface area contributed by atoms with Crippen molar-refractivity contribution in [3.63, 3.8) is 0 Å². The quantitative estimate of drug-likeness (QED) is 0.745. The average Bonchev–Trinajstić information content (AvgIpc) is 2.79. The van der Waals surface area contributed by atoms with Crippen LogP contribution in [0.3, 0.4) is 0 Å². The summed E-state index contributed by atoms with van der Waals surface area (Å²) >= 11 is 0. The van der Waals surface area contributed by atoms with Gasteiger partial charge in [0.25, 0.3) is 0 Å². The molecule has 0 amide bonds. The van der Waals surface area contributed by atoms with E-state index >= 15 is 0 Å². The second kappa shape index (κ2) is 3.07. The number of aromatic nitrogens is 3. The van der Waals surface area contributed by atoms with E-state index in [-0.39, 0.29) is 0 Å². The molecule has 84 valence electrons. The number of rotatable bonds is 1. The molecule has 2 atom stereocenters. The molecule has 2 unspecified atom stereocenters. The summed E-state index contributed by atoms with van der Waals surface area (Å²) in [6.45, 7) is 0. The second-order valence-electron chi connectivity index (χ2n) is 5.10. The third-order valence-electron chi connectivity index (χ3n) is 4.26. The molecule has 2 heterocycles. The Balaban J connectivity index is 1.83. The largest absolute Gasteiger partial charge is 0.285 e. The van der Waals surface area contributed by atoms with Crippen LogP contribution in [0.5, 0.6) is 0 Å². The van der Waals surface area contributed by atoms with Gasteiger partial charge in [-0.15, -0.1) is 10.2 Å². The molecule has 2 fully saturated rings. The first kappa shape index (κ1) is 9.17. The number of fused-ring (bicyclic) bond motifs is 2. The summed E-state index contributed by atoms with van der Waals surface area (Å²) in [7, 11) is 0. The van der Waals surface area contributed by atoms with Crippen molar-refractivity contribution in [2.45, 2.75) is 25.2 Å². The molecule has 4 heteroatoms. The van der Waals surface area contributed by atoms with E-state index in [1.165, 1.54) is 19.3 Å². The average molecular weight is 224 g/mol. The van der Waals surface area contributed by atoms with Gasteiger partial charge in [0.2, 0.25) is 0 Å². The highest BCUT2D eigenvalue weighted by atomic mass is 15.3. The number of pyridine rings is 1. The molecule has 2 aromatic rings. The van der Waals surface area contributed by atoms with Gasteiger partial charge in [0.05, 0.1) is 5.56 Å². The summed E-state index contributed by atoms with van der Waals surface area (Å²) in [5, 5.41) is 17.4. The molecule has 0 aliphatic heterocycles. The topological polar surface area (TPSA) is 54.0 Å². The minimum absolute atomic E-state index is 0.590. The SMILES string of the molecule is N#Cc1ccc2nnc(C3C4CCCC43)n2c1. The molecule has 0 spiro atoms. The van der Waals surface area contributed by atoms with Crippen LogP contribution in [-0.4, -0.2) is 14.6 Å². The Kier molecular flexibility index (Phi) is 1.66. The molecule has 0 bridgehead atoms. The summed E-state index contributed by atoms with van der Waals surface area (Å²) < 4.78 is 2.00. The van der Waals surface area contributed by atoms with Crippen LogP contribution in [0.15, 0.2) is 18.3 Å². The molecule has 0 aromatic carbocycles. The van der Waals surface area contributed by atoms with E-state index in [4.69, 9.17) is 5.26 Å². The maximum absolute atomic E-state index is 8.94. The van der Waals surface area contributed by atoms with Gasteiger partial charge in [-0.1, -0.05) is 6.42 Å². The highest BCUT2D eigenvalue weighted by molar-refractivity contribution is 5.44. The Morgan fingerprint density at radius 1 is 1.24 bits per heavy atom.